The number of piperidine rings is 1. The smallest absolute Gasteiger partial charge is 0.160 e. The van der Waals surface area contributed by atoms with E-state index >= 15 is 0 Å². The standard InChI is InChI=1S/C19H31N5O/c1-4-17-11-18(24-19(21-17)14(2)15(3)22-24)20-8-6-10-23-9-5-7-16(12-23)13-25/h11,16,20,25H,4-10,12-13H2,1-3H3. The topological polar surface area (TPSA) is 65.7 Å². The van der Waals surface area contributed by atoms with Gasteiger partial charge in [-0.05, 0) is 58.5 Å². The summed E-state index contributed by atoms with van der Waals surface area (Å²) >= 11 is 0. The molecule has 2 aromatic rings. The van der Waals surface area contributed by atoms with Crippen LogP contribution < -0.4 is 5.32 Å². The van der Waals surface area contributed by atoms with Gasteiger partial charge in [0.2, 0.25) is 0 Å². The van der Waals surface area contributed by atoms with E-state index < -0.39 is 0 Å². The summed E-state index contributed by atoms with van der Waals surface area (Å²) in [6, 6.07) is 2.11. The lowest BCUT2D eigenvalue weighted by atomic mass is 9.99. The molecule has 6 heteroatoms. The van der Waals surface area contributed by atoms with Crippen molar-refractivity contribution in [1.82, 2.24) is 19.5 Å². The summed E-state index contributed by atoms with van der Waals surface area (Å²) in [5.74, 6) is 1.49. The number of nitrogens with zero attached hydrogens (tertiary/aromatic N) is 4. The van der Waals surface area contributed by atoms with Crippen molar-refractivity contribution in [3.8, 4) is 0 Å². The second-order valence-electron chi connectivity index (χ2n) is 7.20. The summed E-state index contributed by atoms with van der Waals surface area (Å²) in [5.41, 5.74) is 4.25. The number of fused-ring (bicyclic) bond motifs is 1. The van der Waals surface area contributed by atoms with Gasteiger partial charge in [-0.25, -0.2) is 4.98 Å². The zero-order valence-corrected chi connectivity index (χ0v) is 15.8. The van der Waals surface area contributed by atoms with Crippen LogP contribution in [0.2, 0.25) is 0 Å². The fourth-order valence-corrected chi connectivity index (χ4v) is 3.61. The molecule has 1 saturated heterocycles. The van der Waals surface area contributed by atoms with E-state index in [9.17, 15) is 5.11 Å². The van der Waals surface area contributed by atoms with Crippen LogP contribution in [0.5, 0.6) is 0 Å². The first-order valence-corrected chi connectivity index (χ1v) is 9.55. The van der Waals surface area contributed by atoms with Crippen LogP contribution in [-0.2, 0) is 6.42 Å². The van der Waals surface area contributed by atoms with Crippen LogP contribution in [0.3, 0.4) is 0 Å². The summed E-state index contributed by atoms with van der Waals surface area (Å²) in [7, 11) is 0. The molecule has 0 bridgehead atoms. The van der Waals surface area contributed by atoms with Crippen LogP contribution in [0.4, 0.5) is 5.82 Å². The van der Waals surface area contributed by atoms with E-state index in [-0.39, 0.29) is 0 Å². The lowest BCUT2D eigenvalue weighted by molar-refractivity contribution is 0.120. The Balaban J connectivity index is 1.60. The zero-order valence-electron chi connectivity index (χ0n) is 15.8. The number of anilines is 1. The third-order valence-electron chi connectivity index (χ3n) is 5.29. The Morgan fingerprint density at radius 2 is 2.20 bits per heavy atom. The average Bonchev–Trinajstić information content (AvgIpc) is 2.93. The molecule has 3 rings (SSSR count). The van der Waals surface area contributed by atoms with E-state index in [2.05, 4.69) is 35.2 Å². The maximum Gasteiger partial charge on any atom is 0.160 e. The molecule has 1 atom stereocenters. The van der Waals surface area contributed by atoms with E-state index in [0.29, 0.717) is 12.5 Å². The Hall–Kier alpha value is -1.66. The summed E-state index contributed by atoms with van der Waals surface area (Å²) in [6.45, 7) is 10.8. The first-order chi connectivity index (χ1) is 12.1. The Labute approximate surface area is 150 Å². The van der Waals surface area contributed by atoms with Gasteiger partial charge >= 0.3 is 0 Å². The molecule has 138 valence electrons. The van der Waals surface area contributed by atoms with Crippen molar-refractivity contribution in [2.75, 3.05) is 38.1 Å². The molecule has 0 spiro atoms. The molecule has 3 heterocycles. The largest absolute Gasteiger partial charge is 0.396 e. The van der Waals surface area contributed by atoms with Gasteiger partial charge in [-0.1, -0.05) is 6.92 Å². The highest BCUT2D eigenvalue weighted by Crippen LogP contribution is 2.19. The highest BCUT2D eigenvalue weighted by atomic mass is 16.3. The Morgan fingerprint density at radius 1 is 1.36 bits per heavy atom. The third kappa shape index (κ3) is 4.12. The van der Waals surface area contributed by atoms with Crippen LogP contribution in [0.1, 0.15) is 43.1 Å². The molecule has 25 heavy (non-hydrogen) atoms. The number of aliphatic hydroxyl groups is 1. The van der Waals surface area contributed by atoms with Gasteiger partial charge in [0, 0.05) is 37.0 Å². The van der Waals surface area contributed by atoms with E-state index in [1.54, 1.807) is 0 Å². The number of aliphatic hydroxyl groups excluding tert-OH is 1. The third-order valence-corrected chi connectivity index (χ3v) is 5.29. The highest BCUT2D eigenvalue weighted by Gasteiger charge is 2.18. The molecule has 1 aliphatic heterocycles. The summed E-state index contributed by atoms with van der Waals surface area (Å²) < 4.78 is 1.94. The SMILES string of the molecule is CCc1cc(NCCCN2CCCC(CO)C2)n2nc(C)c(C)c2n1. The summed E-state index contributed by atoms with van der Waals surface area (Å²) in [5, 5.41) is 17.5. The van der Waals surface area contributed by atoms with Crippen LogP contribution >= 0.6 is 0 Å². The molecule has 0 aliphatic carbocycles. The average molecular weight is 345 g/mol. The van der Waals surface area contributed by atoms with Crippen molar-refractivity contribution in [3.63, 3.8) is 0 Å². The number of hydrogen-bond donors (Lipinski definition) is 2. The van der Waals surface area contributed by atoms with Gasteiger partial charge in [-0.15, -0.1) is 0 Å². The number of hydrogen-bond acceptors (Lipinski definition) is 5. The lowest BCUT2D eigenvalue weighted by Gasteiger charge is -2.31. The zero-order chi connectivity index (χ0) is 17.8. The van der Waals surface area contributed by atoms with Gasteiger partial charge in [0.15, 0.2) is 5.65 Å². The maximum absolute atomic E-state index is 9.35. The minimum absolute atomic E-state index is 0.321. The molecule has 0 amide bonds. The second-order valence-corrected chi connectivity index (χ2v) is 7.20. The van der Waals surface area contributed by atoms with Crippen LogP contribution in [0.25, 0.3) is 5.65 Å². The fourth-order valence-electron chi connectivity index (χ4n) is 3.61. The first-order valence-electron chi connectivity index (χ1n) is 9.55. The predicted octanol–water partition coefficient (Wildman–Crippen LogP) is 2.41. The van der Waals surface area contributed by atoms with Crippen molar-refractivity contribution in [2.24, 2.45) is 5.92 Å². The van der Waals surface area contributed by atoms with Gasteiger partial charge in [0.05, 0.1) is 5.69 Å². The molecule has 2 N–H and O–H groups in total. The minimum atomic E-state index is 0.321. The van der Waals surface area contributed by atoms with Crippen molar-refractivity contribution in [1.29, 1.82) is 0 Å². The van der Waals surface area contributed by atoms with Gasteiger partial charge in [-0.2, -0.15) is 9.61 Å². The lowest BCUT2D eigenvalue weighted by Crippen LogP contribution is -2.37. The Bertz CT molecular complexity index is 711. The Morgan fingerprint density at radius 3 is 2.96 bits per heavy atom. The second kappa shape index (κ2) is 8.15. The predicted molar refractivity (Wildman–Crippen MR) is 101 cm³/mol. The molecule has 1 unspecified atom stereocenters. The van der Waals surface area contributed by atoms with E-state index in [1.807, 2.05) is 11.4 Å². The first kappa shape index (κ1) is 18.1. The van der Waals surface area contributed by atoms with Crippen molar-refractivity contribution in [2.45, 2.75) is 46.5 Å². The van der Waals surface area contributed by atoms with Crippen LogP contribution in [-0.4, -0.2) is 57.4 Å². The van der Waals surface area contributed by atoms with Crippen molar-refractivity contribution >= 4 is 11.5 Å². The Kier molecular flexibility index (Phi) is 5.91. The van der Waals surface area contributed by atoms with Crippen molar-refractivity contribution in [3.05, 3.63) is 23.0 Å². The molecule has 0 radical (unpaired) electrons. The van der Waals surface area contributed by atoms with Gasteiger partial charge in [0.25, 0.3) is 0 Å². The van der Waals surface area contributed by atoms with E-state index in [4.69, 9.17) is 4.98 Å². The van der Waals surface area contributed by atoms with Crippen molar-refractivity contribution < 1.29 is 5.11 Å². The van der Waals surface area contributed by atoms with Gasteiger partial charge < -0.3 is 15.3 Å². The molecule has 6 nitrogen and oxygen atoms in total. The van der Waals surface area contributed by atoms with Crippen LogP contribution in [0.15, 0.2) is 6.07 Å². The van der Waals surface area contributed by atoms with Gasteiger partial charge in [0.1, 0.15) is 5.82 Å². The molecule has 0 saturated carbocycles. The maximum atomic E-state index is 9.35. The number of likely N-dealkylation sites (tertiary alicyclic amines) is 1. The number of nitrogens with one attached hydrogen (secondary N) is 1. The van der Waals surface area contributed by atoms with Gasteiger partial charge in [-0.3, -0.25) is 0 Å². The minimum Gasteiger partial charge on any atom is -0.396 e. The fraction of sp³-hybridized carbons (Fsp3) is 0.684. The van der Waals surface area contributed by atoms with E-state index in [0.717, 1.165) is 73.9 Å². The quantitative estimate of drug-likeness (QED) is 0.755. The molecule has 2 aromatic heterocycles. The molecular weight excluding hydrogens is 314 g/mol. The number of aryl methyl sites for hydroxylation is 3. The number of rotatable bonds is 7. The summed E-state index contributed by atoms with van der Waals surface area (Å²) in [6.07, 6.45) is 4.38. The van der Waals surface area contributed by atoms with E-state index in [1.165, 1.54) is 6.42 Å². The monoisotopic (exact) mass is 345 g/mol. The summed E-state index contributed by atoms with van der Waals surface area (Å²) in [4.78, 5) is 7.20. The molecule has 0 aromatic carbocycles. The normalized spacial score (nSPS) is 18.8. The molecule has 1 aliphatic rings. The van der Waals surface area contributed by atoms with Crippen LogP contribution in [0, 0.1) is 19.8 Å². The highest BCUT2D eigenvalue weighted by molar-refractivity contribution is 5.56. The number of aromatic nitrogens is 3. The molecular formula is C19H31N5O. The molecule has 1 fully saturated rings.